The Hall–Kier alpha value is -1.77. The second-order valence-electron chi connectivity index (χ2n) is 4.40. The van der Waals surface area contributed by atoms with Gasteiger partial charge in [-0.3, -0.25) is 0 Å². The van der Waals surface area contributed by atoms with Gasteiger partial charge in [-0.1, -0.05) is 0 Å². The number of alkyl halides is 1. The lowest BCUT2D eigenvalue weighted by Crippen LogP contribution is -2.29. The van der Waals surface area contributed by atoms with Crippen LogP contribution in [0.15, 0.2) is 18.6 Å². The summed E-state index contributed by atoms with van der Waals surface area (Å²) >= 11 is 0. The number of fused-ring (bicyclic) bond motifs is 1. The summed E-state index contributed by atoms with van der Waals surface area (Å²) in [4.78, 5) is 7.90. The van der Waals surface area contributed by atoms with Crippen LogP contribution < -0.4 is 5.73 Å². The third-order valence-corrected chi connectivity index (χ3v) is 3.28. The van der Waals surface area contributed by atoms with Gasteiger partial charge in [0.25, 0.3) is 0 Å². The fourth-order valence-corrected chi connectivity index (χ4v) is 2.28. The van der Waals surface area contributed by atoms with Gasteiger partial charge in [-0.2, -0.15) is 0 Å². The van der Waals surface area contributed by atoms with E-state index in [9.17, 15) is 9.50 Å². The molecule has 102 valence electrons. The molecule has 7 nitrogen and oxygen atoms in total. The van der Waals surface area contributed by atoms with Crippen molar-refractivity contribution in [2.24, 2.45) is 0 Å². The number of nitrogens with two attached hydrogens (primary N) is 1. The smallest absolute Gasteiger partial charge is 0.164 e. The monoisotopic (exact) mass is 268 g/mol. The zero-order valence-electron chi connectivity index (χ0n) is 9.85. The van der Waals surface area contributed by atoms with Gasteiger partial charge in [0, 0.05) is 6.20 Å². The lowest BCUT2D eigenvalue weighted by molar-refractivity contribution is -0.0492. The number of ether oxygens (including phenoxy) is 1. The molecule has 0 unspecified atom stereocenters. The Labute approximate surface area is 107 Å². The molecule has 8 heteroatoms. The average molecular weight is 268 g/mol. The van der Waals surface area contributed by atoms with Crippen molar-refractivity contribution in [3.8, 4) is 0 Å². The molecule has 19 heavy (non-hydrogen) atoms. The minimum absolute atomic E-state index is 0.298. The fourth-order valence-electron chi connectivity index (χ4n) is 2.28. The van der Waals surface area contributed by atoms with Crippen molar-refractivity contribution in [2.75, 3.05) is 12.3 Å². The van der Waals surface area contributed by atoms with Crippen molar-refractivity contribution < 1.29 is 19.3 Å². The fraction of sp³-hybridized carbons (Fsp3) is 0.455. The molecule has 0 aromatic carbocycles. The molecule has 1 aliphatic heterocycles. The van der Waals surface area contributed by atoms with Crippen molar-refractivity contribution >= 4 is 16.9 Å². The van der Waals surface area contributed by atoms with E-state index in [1.165, 1.54) is 10.9 Å². The number of aliphatic hydroxyl groups excluding tert-OH is 2. The zero-order valence-corrected chi connectivity index (χ0v) is 9.85. The van der Waals surface area contributed by atoms with E-state index in [0.717, 1.165) is 0 Å². The maximum absolute atomic E-state index is 13.7. The van der Waals surface area contributed by atoms with Crippen molar-refractivity contribution in [2.45, 2.75) is 24.6 Å². The molecule has 1 aliphatic rings. The lowest BCUT2D eigenvalue weighted by Gasteiger charge is -2.16. The van der Waals surface area contributed by atoms with Gasteiger partial charge in [-0.25, -0.2) is 14.4 Å². The van der Waals surface area contributed by atoms with E-state index in [2.05, 4.69) is 9.97 Å². The zero-order chi connectivity index (χ0) is 13.6. The third kappa shape index (κ3) is 1.76. The Bertz CT molecular complexity index is 605. The summed E-state index contributed by atoms with van der Waals surface area (Å²) < 4.78 is 20.5. The molecular formula is C11H13FN4O3. The predicted octanol–water partition coefficient (Wildman–Crippen LogP) is -0.398. The van der Waals surface area contributed by atoms with Gasteiger partial charge in [-0.15, -0.1) is 0 Å². The van der Waals surface area contributed by atoms with E-state index in [4.69, 9.17) is 15.6 Å². The third-order valence-electron chi connectivity index (χ3n) is 3.28. The standard InChI is InChI=1S/C11H13FN4O3/c12-7-6(3-17)19-11(8(7)18)16-2-1-5-9(13)14-4-15-10(5)16/h1-2,4,6-8,11,17-18H,3H2,(H2,13,14,15)/t6-,7+,8-,11-/m1/s1. The minimum atomic E-state index is -1.65. The number of hydrogen-bond donors (Lipinski definition) is 3. The molecule has 4 N–H and O–H groups in total. The predicted molar refractivity (Wildman–Crippen MR) is 63.8 cm³/mol. The first-order valence-corrected chi connectivity index (χ1v) is 5.79. The van der Waals surface area contributed by atoms with Crippen LogP contribution in [0.4, 0.5) is 10.2 Å². The van der Waals surface area contributed by atoms with Gasteiger partial charge in [0.2, 0.25) is 0 Å². The number of anilines is 1. The molecule has 1 fully saturated rings. The maximum Gasteiger partial charge on any atom is 0.164 e. The quantitative estimate of drug-likeness (QED) is 0.684. The van der Waals surface area contributed by atoms with E-state index in [0.29, 0.717) is 16.9 Å². The summed E-state index contributed by atoms with van der Waals surface area (Å²) in [5.41, 5.74) is 6.15. The molecule has 0 saturated carbocycles. The van der Waals surface area contributed by atoms with Crippen LogP contribution in [-0.4, -0.2) is 49.7 Å². The number of halogens is 1. The number of aliphatic hydroxyl groups is 2. The topological polar surface area (TPSA) is 106 Å². The Kier molecular flexibility index (Phi) is 2.85. The molecule has 3 heterocycles. The maximum atomic E-state index is 13.7. The van der Waals surface area contributed by atoms with Gasteiger partial charge in [-0.05, 0) is 6.07 Å². The van der Waals surface area contributed by atoms with E-state index >= 15 is 0 Å². The van der Waals surface area contributed by atoms with Crippen LogP contribution in [0.2, 0.25) is 0 Å². The minimum Gasteiger partial charge on any atom is -0.394 e. The molecule has 3 rings (SSSR count). The molecule has 0 radical (unpaired) electrons. The second-order valence-corrected chi connectivity index (χ2v) is 4.40. The second kappa shape index (κ2) is 4.41. The molecule has 0 amide bonds. The van der Waals surface area contributed by atoms with Crippen molar-refractivity contribution in [1.82, 2.24) is 14.5 Å². The summed E-state index contributed by atoms with van der Waals surface area (Å²) in [6.45, 7) is -0.495. The van der Waals surface area contributed by atoms with Crippen LogP contribution in [0.1, 0.15) is 6.23 Å². The summed E-state index contributed by atoms with van der Waals surface area (Å²) in [5, 5.41) is 19.4. The summed E-state index contributed by atoms with van der Waals surface area (Å²) in [7, 11) is 0. The summed E-state index contributed by atoms with van der Waals surface area (Å²) in [5.74, 6) is 0.298. The Morgan fingerprint density at radius 3 is 2.95 bits per heavy atom. The van der Waals surface area contributed by atoms with Gasteiger partial charge >= 0.3 is 0 Å². The molecular weight excluding hydrogens is 255 g/mol. The first kappa shape index (κ1) is 12.3. The largest absolute Gasteiger partial charge is 0.394 e. The highest BCUT2D eigenvalue weighted by atomic mass is 19.1. The average Bonchev–Trinajstić information content (AvgIpc) is 2.94. The highest BCUT2D eigenvalue weighted by molar-refractivity contribution is 5.86. The number of rotatable bonds is 2. The molecule has 2 aromatic rings. The Morgan fingerprint density at radius 1 is 1.47 bits per heavy atom. The number of aromatic nitrogens is 3. The number of nitrogen functional groups attached to an aromatic ring is 1. The lowest BCUT2D eigenvalue weighted by atomic mass is 10.1. The highest BCUT2D eigenvalue weighted by Crippen LogP contribution is 2.33. The van der Waals surface area contributed by atoms with Crippen molar-refractivity contribution in [1.29, 1.82) is 0 Å². The summed E-state index contributed by atoms with van der Waals surface area (Å²) in [6.07, 6.45) is -2.13. The molecule has 1 saturated heterocycles. The molecule has 0 bridgehead atoms. The summed E-state index contributed by atoms with van der Waals surface area (Å²) in [6, 6.07) is 1.67. The van der Waals surface area contributed by atoms with Crippen LogP contribution in [-0.2, 0) is 4.74 Å². The van der Waals surface area contributed by atoms with Gasteiger partial charge in [0.05, 0.1) is 12.0 Å². The number of hydrogen-bond acceptors (Lipinski definition) is 6. The van der Waals surface area contributed by atoms with E-state index in [1.54, 1.807) is 12.3 Å². The van der Waals surface area contributed by atoms with Gasteiger partial charge < -0.3 is 25.3 Å². The van der Waals surface area contributed by atoms with E-state index < -0.39 is 31.2 Å². The van der Waals surface area contributed by atoms with Crippen molar-refractivity contribution in [3.63, 3.8) is 0 Å². The number of nitrogens with zero attached hydrogens (tertiary/aromatic N) is 3. The first-order valence-electron chi connectivity index (χ1n) is 5.79. The molecule has 2 aromatic heterocycles. The van der Waals surface area contributed by atoms with Gasteiger partial charge in [0.15, 0.2) is 12.4 Å². The molecule has 4 atom stereocenters. The van der Waals surface area contributed by atoms with Crippen LogP contribution in [0.25, 0.3) is 11.0 Å². The van der Waals surface area contributed by atoms with Gasteiger partial charge in [0.1, 0.15) is 30.0 Å². The van der Waals surface area contributed by atoms with Crippen LogP contribution >= 0.6 is 0 Å². The first-order chi connectivity index (χ1) is 9.13. The van der Waals surface area contributed by atoms with Crippen LogP contribution in [0.5, 0.6) is 0 Å². The van der Waals surface area contributed by atoms with Crippen LogP contribution in [0.3, 0.4) is 0 Å². The normalized spacial score (nSPS) is 31.1. The van der Waals surface area contributed by atoms with Crippen molar-refractivity contribution in [3.05, 3.63) is 18.6 Å². The van der Waals surface area contributed by atoms with E-state index in [-0.39, 0.29) is 0 Å². The van der Waals surface area contributed by atoms with Crippen LogP contribution in [0, 0.1) is 0 Å². The Balaban J connectivity index is 2.04. The van der Waals surface area contributed by atoms with E-state index in [1.807, 2.05) is 0 Å². The highest BCUT2D eigenvalue weighted by Gasteiger charge is 2.45. The molecule has 0 aliphatic carbocycles. The SMILES string of the molecule is Nc1ncnc2c1ccn2[C@@H]1O[C@H](CO)[C@H](F)[C@H]1O. The Morgan fingerprint density at radius 2 is 2.26 bits per heavy atom. The molecule has 0 spiro atoms.